The van der Waals surface area contributed by atoms with Crippen molar-refractivity contribution in [1.82, 2.24) is 15.2 Å². The van der Waals surface area contributed by atoms with Gasteiger partial charge in [0.2, 0.25) is 5.95 Å². The zero-order chi connectivity index (χ0) is 15.1. The summed E-state index contributed by atoms with van der Waals surface area (Å²) in [5.74, 6) is 1.24. The van der Waals surface area contributed by atoms with Crippen LogP contribution in [0.1, 0.15) is 31.7 Å². The summed E-state index contributed by atoms with van der Waals surface area (Å²) >= 11 is 3.52. The minimum absolute atomic E-state index is 0.558. The molecule has 112 valence electrons. The van der Waals surface area contributed by atoms with Gasteiger partial charge in [-0.25, -0.2) is 0 Å². The number of nitrogens with zero attached hydrogens (tertiary/aromatic N) is 3. The van der Waals surface area contributed by atoms with Crippen LogP contribution in [0.25, 0.3) is 0 Å². The van der Waals surface area contributed by atoms with Crippen molar-refractivity contribution >= 4 is 33.4 Å². The number of aryl methyl sites for hydroxylation is 1. The van der Waals surface area contributed by atoms with Gasteiger partial charge in [0.15, 0.2) is 5.82 Å². The number of nitrogens with one attached hydrogen (secondary N) is 2. The fourth-order valence-corrected chi connectivity index (χ4v) is 2.21. The molecule has 0 unspecified atom stereocenters. The molecule has 6 heteroatoms. The van der Waals surface area contributed by atoms with Crippen LogP contribution in [-0.4, -0.2) is 21.7 Å². The Kier molecular flexibility index (Phi) is 5.92. The van der Waals surface area contributed by atoms with Gasteiger partial charge in [-0.1, -0.05) is 41.8 Å². The highest BCUT2D eigenvalue weighted by atomic mass is 79.9. The van der Waals surface area contributed by atoms with E-state index in [0.29, 0.717) is 11.8 Å². The molecule has 0 spiro atoms. The molecule has 0 bridgehead atoms. The normalized spacial score (nSPS) is 10.4. The molecular weight excluding hydrogens is 330 g/mol. The van der Waals surface area contributed by atoms with Gasteiger partial charge in [0.25, 0.3) is 0 Å². The molecule has 0 saturated carbocycles. The van der Waals surface area contributed by atoms with Crippen molar-refractivity contribution in [3.05, 3.63) is 34.4 Å². The highest BCUT2D eigenvalue weighted by molar-refractivity contribution is 9.10. The molecule has 1 heterocycles. The van der Waals surface area contributed by atoms with Crippen molar-refractivity contribution in [3.8, 4) is 0 Å². The predicted molar refractivity (Wildman–Crippen MR) is 90.0 cm³/mol. The molecule has 0 saturated heterocycles. The Morgan fingerprint density at radius 1 is 1.24 bits per heavy atom. The van der Waals surface area contributed by atoms with E-state index in [-0.39, 0.29) is 0 Å². The summed E-state index contributed by atoms with van der Waals surface area (Å²) in [4.78, 5) is 4.41. The standard InChI is InChI=1S/C15H20BrN5/c1-3-4-5-8-17-15-20-14(10-18-21-15)19-12-7-6-11(2)13(16)9-12/h6-7,9-10H,3-5,8H2,1-2H3,(H2,17,19,20,21). The molecule has 2 rings (SSSR count). The Balaban J connectivity index is 1.98. The highest BCUT2D eigenvalue weighted by Gasteiger charge is 2.02. The third-order valence-corrected chi connectivity index (χ3v) is 3.92. The zero-order valence-corrected chi connectivity index (χ0v) is 13.9. The van der Waals surface area contributed by atoms with E-state index in [4.69, 9.17) is 0 Å². The van der Waals surface area contributed by atoms with Crippen molar-refractivity contribution in [2.24, 2.45) is 0 Å². The van der Waals surface area contributed by atoms with Crippen LogP contribution in [-0.2, 0) is 0 Å². The van der Waals surface area contributed by atoms with Crippen LogP contribution in [0.5, 0.6) is 0 Å². The number of unbranched alkanes of at least 4 members (excludes halogenated alkanes) is 2. The molecule has 0 aliphatic rings. The number of anilines is 3. The van der Waals surface area contributed by atoms with E-state index in [1.165, 1.54) is 18.4 Å². The smallest absolute Gasteiger partial charge is 0.244 e. The molecule has 5 nitrogen and oxygen atoms in total. The molecule has 0 amide bonds. The molecule has 21 heavy (non-hydrogen) atoms. The highest BCUT2D eigenvalue weighted by Crippen LogP contribution is 2.22. The lowest BCUT2D eigenvalue weighted by Gasteiger charge is -2.08. The number of aromatic nitrogens is 3. The lowest BCUT2D eigenvalue weighted by Crippen LogP contribution is -2.07. The van der Waals surface area contributed by atoms with Crippen LogP contribution in [0.15, 0.2) is 28.9 Å². The van der Waals surface area contributed by atoms with Gasteiger partial charge in [0.1, 0.15) is 0 Å². The van der Waals surface area contributed by atoms with Crippen LogP contribution in [0.4, 0.5) is 17.5 Å². The third-order valence-electron chi connectivity index (χ3n) is 3.07. The molecule has 2 N–H and O–H groups in total. The lowest BCUT2D eigenvalue weighted by atomic mass is 10.2. The second-order valence-electron chi connectivity index (χ2n) is 4.89. The summed E-state index contributed by atoms with van der Waals surface area (Å²) in [5.41, 5.74) is 2.16. The SMILES string of the molecule is CCCCCNc1nncc(Nc2ccc(C)c(Br)c2)n1. The van der Waals surface area contributed by atoms with Crippen LogP contribution >= 0.6 is 15.9 Å². The Hall–Kier alpha value is -1.69. The number of hydrogen-bond donors (Lipinski definition) is 2. The topological polar surface area (TPSA) is 62.7 Å². The average Bonchev–Trinajstić information content (AvgIpc) is 2.48. The zero-order valence-electron chi connectivity index (χ0n) is 12.4. The maximum absolute atomic E-state index is 4.41. The first kappa shape index (κ1) is 15.7. The summed E-state index contributed by atoms with van der Waals surface area (Å²) in [7, 11) is 0. The molecule has 0 aliphatic heterocycles. The molecular formula is C15H20BrN5. The van der Waals surface area contributed by atoms with Gasteiger partial charge in [-0.05, 0) is 31.0 Å². The van der Waals surface area contributed by atoms with Crippen molar-refractivity contribution in [3.63, 3.8) is 0 Å². The minimum atomic E-state index is 0.558. The van der Waals surface area contributed by atoms with Crippen LogP contribution in [0.2, 0.25) is 0 Å². The van der Waals surface area contributed by atoms with E-state index < -0.39 is 0 Å². The summed E-state index contributed by atoms with van der Waals surface area (Å²) in [6, 6.07) is 6.08. The second-order valence-corrected chi connectivity index (χ2v) is 5.74. The fourth-order valence-electron chi connectivity index (χ4n) is 1.83. The van der Waals surface area contributed by atoms with Crippen LogP contribution in [0.3, 0.4) is 0 Å². The van der Waals surface area contributed by atoms with Crippen molar-refractivity contribution < 1.29 is 0 Å². The van der Waals surface area contributed by atoms with E-state index in [2.05, 4.69) is 55.6 Å². The molecule has 0 radical (unpaired) electrons. The van der Waals surface area contributed by atoms with Crippen LogP contribution < -0.4 is 10.6 Å². The Morgan fingerprint density at radius 3 is 2.86 bits per heavy atom. The first-order valence-electron chi connectivity index (χ1n) is 7.16. The van der Waals surface area contributed by atoms with Gasteiger partial charge in [0, 0.05) is 16.7 Å². The summed E-state index contributed by atoms with van der Waals surface area (Å²) in [5, 5.41) is 14.4. The number of rotatable bonds is 7. The molecule has 0 atom stereocenters. The van der Waals surface area contributed by atoms with E-state index >= 15 is 0 Å². The Bertz CT molecular complexity index is 588. The summed E-state index contributed by atoms with van der Waals surface area (Å²) in [6.45, 7) is 5.11. The summed E-state index contributed by atoms with van der Waals surface area (Å²) in [6.07, 6.45) is 5.13. The molecule has 0 aliphatic carbocycles. The van der Waals surface area contributed by atoms with E-state index in [1.807, 2.05) is 18.2 Å². The maximum Gasteiger partial charge on any atom is 0.244 e. The van der Waals surface area contributed by atoms with Gasteiger partial charge in [-0.15, -0.1) is 5.10 Å². The van der Waals surface area contributed by atoms with E-state index in [0.717, 1.165) is 23.1 Å². The molecule has 2 aromatic rings. The number of benzene rings is 1. The third kappa shape index (κ3) is 4.97. The quantitative estimate of drug-likeness (QED) is 0.730. The number of hydrogen-bond acceptors (Lipinski definition) is 5. The predicted octanol–water partition coefficient (Wildman–Crippen LogP) is 4.29. The van der Waals surface area contributed by atoms with Gasteiger partial charge in [-0.3, -0.25) is 0 Å². The first-order chi connectivity index (χ1) is 10.2. The molecule has 0 fully saturated rings. The van der Waals surface area contributed by atoms with E-state index in [9.17, 15) is 0 Å². The van der Waals surface area contributed by atoms with Gasteiger partial charge < -0.3 is 10.6 Å². The second kappa shape index (κ2) is 7.93. The van der Waals surface area contributed by atoms with Crippen LogP contribution in [0, 0.1) is 6.92 Å². The lowest BCUT2D eigenvalue weighted by molar-refractivity contribution is 0.738. The van der Waals surface area contributed by atoms with E-state index in [1.54, 1.807) is 6.20 Å². The van der Waals surface area contributed by atoms with Gasteiger partial charge in [0.05, 0.1) is 6.20 Å². The van der Waals surface area contributed by atoms with Gasteiger partial charge >= 0.3 is 0 Å². The molecule has 1 aromatic carbocycles. The van der Waals surface area contributed by atoms with Crippen molar-refractivity contribution in [1.29, 1.82) is 0 Å². The summed E-state index contributed by atoms with van der Waals surface area (Å²) < 4.78 is 1.06. The minimum Gasteiger partial charge on any atom is -0.353 e. The molecule has 1 aromatic heterocycles. The van der Waals surface area contributed by atoms with Crippen molar-refractivity contribution in [2.45, 2.75) is 33.1 Å². The monoisotopic (exact) mass is 349 g/mol. The van der Waals surface area contributed by atoms with Crippen molar-refractivity contribution in [2.75, 3.05) is 17.2 Å². The fraction of sp³-hybridized carbons (Fsp3) is 0.400. The average molecular weight is 350 g/mol. The Labute approximate surface area is 133 Å². The first-order valence-corrected chi connectivity index (χ1v) is 7.95. The largest absolute Gasteiger partial charge is 0.353 e. The maximum atomic E-state index is 4.41. The number of halogens is 1. The Morgan fingerprint density at radius 2 is 2.10 bits per heavy atom. The van der Waals surface area contributed by atoms with Gasteiger partial charge in [-0.2, -0.15) is 10.1 Å².